The Morgan fingerprint density at radius 1 is 1.71 bits per heavy atom. The van der Waals surface area contributed by atoms with Gasteiger partial charge in [0, 0.05) is 12.5 Å². The van der Waals surface area contributed by atoms with Gasteiger partial charge in [0.2, 0.25) is 0 Å². The molecule has 3 N–H and O–H groups in total. The van der Waals surface area contributed by atoms with Gasteiger partial charge in [0.15, 0.2) is 0 Å². The number of hydrogen-bond donors (Lipinski definition) is 2. The summed E-state index contributed by atoms with van der Waals surface area (Å²) in [5.74, 6) is 5.94. The van der Waals surface area contributed by atoms with Crippen LogP contribution in [0.25, 0.3) is 0 Å². The SMILES string of the molecule is NNC(c1cnsn1)C1CCCOC1. The average Bonchev–Trinajstić information content (AvgIpc) is 2.74. The maximum Gasteiger partial charge on any atom is 0.0929 e. The van der Waals surface area contributed by atoms with E-state index < -0.39 is 0 Å². The Balaban J connectivity index is 2.04. The van der Waals surface area contributed by atoms with E-state index in [1.54, 1.807) is 6.20 Å². The number of hydrogen-bond acceptors (Lipinski definition) is 6. The topological polar surface area (TPSA) is 73.1 Å². The second kappa shape index (κ2) is 4.79. The van der Waals surface area contributed by atoms with Crippen LogP contribution in [0.3, 0.4) is 0 Å². The molecule has 1 fully saturated rings. The quantitative estimate of drug-likeness (QED) is 0.565. The molecule has 2 rings (SSSR count). The summed E-state index contributed by atoms with van der Waals surface area (Å²) in [5, 5.41) is 0. The van der Waals surface area contributed by atoms with Crippen LogP contribution in [0.15, 0.2) is 6.20 Å². The van der Waals surface area contributed by atoms with Crippen LogP contribution in [0.1, 0.15) is 24.6 Å². The van der Waals surface area contributed by atoms with Gasteiger partial charge in [0.25, 0.3) is 0 Å². The Bertz CT molecular complexity index is 260. The molecule has 1 saturated heterocycles. The van der Waals surface area contributed by atoms with E-state index in [1.165, 1.54) is 11.7 Å². The van der Waals surface area contributed by atoms with E-state index in [-0.39, 0.29) is 6.04 Å². The Kier molecular flexibility index (Phi) is 3.41. The number of ether oxygens (including phenoxy) is 1. The zero-order chi connectivity index (χ0) is 9.80. The predicted octanol–water partition coefficient (Wildman–Crippen LogP) is 0.469. The van der Waals surface area contributed by atoms with Crippen molar-refractivity contribution in [2.45, 2.75) is 18.9 Å². The van der Waals surface area contributed by atoms with Crippen molar-refractivity contribution >= 4 is 11.7 Å². The molecule has 2 unspecified atom stereocenters. The van der Waals surface area contributed by atoms with Crippen LogP contribution in [0.2, 0.25) is 0 Å². The number of nitrogens with one attached hydrogen (secondary N) is 1. The Labute approximate surface area is 87.0 Å². The molecule has 0 amide bonds. The fraction of sp³-hybridized carbons (Fsp3) is 0.750. The number of aromatic nitrogens is 2. The molecule has 0 aromatic carbocycles. The standard InChI is InChI=1S/C8H14N4OS/c9-11-8(7-4-10-14-12-7)6-2-1-3-13-5-6/h4,6,8,11H,1-3,5,9H2. The number of hydrazine groups is 1. The van der Waals surface area contributed by atoms with Crippen molar-refractivity contribution in [2.75, 3.05) is 13.2 Å². The minimum Gasteiger partial charge on any atom is -0.381 e. The van der Waals surface area contributed by atoms with E-state index in [0.717, 1.165) is 31.7 Å². The second-order valence-electron chi connectivity index (χ2n) is 3.45. The number of nitrogens with zero attached hydrogens (tertiary/aromatic N) is 2. The third-order valence-corrected chi connectivity index (χ3v) is 3.04. The van der Waals surface area contributed by atoms with Crippen molar-refractivity contribution in [1.29, 1.82) is 0 Å². The summed E-state index contributed by atoms with van der Waals surface area (Å²) in [6.45, 7) is 1.62. The first-order valence-corrected chi connectivity index (χ1v) is 5.46. The van der Waals surface area contributed by atoms with Gasteiger partial charge in [0.1, 0.15) is 0 Å². The fourth-order valence-corrected chi connectivity index (χ4v) is 2.26. The lowest BCUT2D eigenvalue weighted by Gasteiger charge is -2.28. The lowest BCUT2D eigenvalue weighted by atomic mass is 9.92. The van der Waals surface area contributed by atoms with Crippen LogP contribution >= 0.6 is 11.7 Å². The van der Waals surface area contributed by atoms with Crippen molar-refractivity contribution in [1.82, 2.24) is 14.2 Å². The van der Waals surface area contributed by atoms with Crippen LogP contribution in [-0.4, -0.2) is 22.0 Å². The van der Waals surface area contributed by atoms with Gasteiger partial charge in [-0.2, -0.15) is 8.75 Å². The van der Waals surface area contributed by atoms with E-state index in [2.05, 4.69) is 14.2 Å². The first kappa shape index (κ1) is 9.97. The Morgan fingerprint density at radius 3 is 3.21 bits per heavy atom. The molecular weight excluding hydrogens is 200 g/mol. The first-order valence-electron chi connectivity index (χ1n) is 4.73. The highest BCUT2D eigenvalue weighted by atomic mass is 32.1. The van der Waals surface area contributed by atoms with Crippen molar-refractivity contribution in [3.05, 3.63) is 11.9 Å². The van der Waals surface area contributed by atoms with Gasteiger partial charge in [0.05, 0.1) is 36.3 Å². The van der Waals surface area contributed by atoms with Crippen LogP contribution in [0.5, 0.6) is 0 Å². The molecule has 0 bridgehead atoms. The molecular formula is C8H14N4OS. The normalized spacial score (nSPS) is 24.8. The lowest BCUT2D eigenvalue weighted by molar-refractivity contribution is 0.0385. The third-order valence-electron chi connectivity index (χ3n) is 2.54. The minimum atomic E-state index is 0.0778. The summed E-state index contributed by atoms with van der Waals surface area (Å²) in [4.78, 5) is 0. The van der Waals surface area contributed by atoms with Gasteiger partial charge in [-0.3, -0.25) is 11.3 Å². The summed E-state index contributed by atoms with van der Waals surface area (Å²) in [7, 11) is 0. The van der Waals surface area contributed by atoms with Gasteiger partial charge < -0.3 is 4.74 Å². The van der Waals surface area contributed by atoms with Crippen molar-refractivity contribution in [3.63, 3.8) is 0 Å². The van der Waals surface area contributed by atoms with Crippen LogP contribution in [-0.2, 0) is 4.74 Å². The number of nitrogens with two attached hydrogens (primary N) is 1. The van der Waals surface area contributed by atoms with E-state index in [9.17, 15) is 0 Å². The van der Waals surface area contributed by atoms with Crippen LogP contribution < -0.4 is 11.3 Å². The van der Waals surface area contributed by atoms with Crippen LogP contribution in [0.4, 0.5) is 0 Å². The van der Waals surface area contributed by atoms with Gasteiger partial charge >= 0.3 is 0 Å². The van der Waals surface area contributed by atoms with Crippen LogP contribution in [0, 0.1) is 5.92 Å². The zero-order valence-corrected chi connectivity index (χ0v) is 8.67. The fourth-order valence-electron chi connectivity index (χ4n) is 1.80. The first-order chi connectivity index (χ1) is 6.92. The zero-order valence-electron chi connectivity index (χ0n) is 7.85. The van der Waals surface area contributed by atoms with Gasteiger partial charge in [-0.15, -0.1) is 0 Å². The average molecular weight is 214 g/mol. The molecule has 0 saturated carbocycles. The monoisotopic (exact) mass is 214 g/mol. The molecule has 1 aromatic rings. The van der Waals surface area contributed by atoms with Crippen molar-refractivity contribution < 1.29 is 4.74 Å². The highest BCUT2D eigenvalue weighted by molar-refractivity contribution is 6.99. The maximum atomic E-state index is 5.53. The molecule has 2 heterocycles. The summed E-state index contributed by atoms with van der Waals surface area (Å²) in [5.41, 5.74) is 3.72. The van der Waals surface area contributed by atoms with E-state index >= 15 is 0 Å². The molecule has 0 spiro atoms. The Morgan fingerprint density at radius 2 is 2.64 bits per heavy atom. The van der Waals surface area contributed by atoms with E-state index in [1.807, 2.05) is 0 Å². The number of rotatable bonds is 3. The second-order valence-corrected chi connectivity index (χ2v) is 4.01. The van der Waals surface area contributed by atoms with Gasteiger partial charge in [-0.1, -0.05) is 0 Å². The lowest BCUT2D eigenvalue weighted by Crippen LogP contribution is -2.37. The molecule has 1 aliphatic rings. The summed E-state index contributed by atoms with van der Waals surface area (Å²) < 4.78 is 13.6. The Hall–Kier alpha value is -0.560. The molecule has 78 valence electrons. The van der Waals surface area contributed by atoms with Gasteiger partial charge in [-0.05, 0) is 12.8 Å². The van der Waals surface area contributed by atoms with Crippen molar-refractivity contribution in [3.8, 4) is 0 Å². The maximum absolute atomic E-state index is 5.53. The summed E-state index contributed by atoms with van der Waals surface area (Å²) >= 11 is 1.21. The van der Waals surface area contributed by atoms with Crippen molar-refractivity contribution in [2.24, 2.45) is 11.8 Å². The van der Waals surface area contributed by atoms with Gasteiger partial charge in [-0.25, -0.2) is 0 Å². The molecule has 0 aliphatic carbocycles. The molecule has 14 heavy (non-hydrogen) atoms. The highest BCUT2D eigenvalue weighted by Gasteiger charge is 2.26. The minimum absolute atomic E-state index is 0.0778. The molecule has 2 atom stereocenters. The smallest absolute Gasteiger partial charge is 0.0929 e. The summed E-state index contributed by atoms with van der Waals surface area (Å²) in [6, 6.07) is 0.0778. The molecule has 6 heteroatoms. The van der Waals surface area contributed by atoms with E-state index in [4.69, 9.17) is 10.6 Å². The molecule has 1 aromatic heterocycles. The molecule has 5 nitrogen and oxygen atoms in total. The predicted molar refractivity (Wildman–Crippen MR) is 53.5 cm³/mol. The largest absolute Gasteiger partial charge is 0.381 e. The summed E-state index contributed by atoms with van der Waals surface area (Å²) in [6.07, 6.45) is 4.00. The third kappa shape index (κ3) is 2.09. The molecule has 1 aliphatic heterocycles. The molecule has 0 radical (unpaired) electrons. The highest BCUT2D eigenvalue weighted by Crippen LogP contribution is 2.26. The van der Waals surface area contributed by atoms with E-state index in [0.29, 0.717) is 5.92 Å².